The Hall–Kier alpha value is -0.120. The highest BCUT2D eigenvalue weighted by Gasteiger charge is 2.59. The van der Waals surface area contributed by atoms with Crippen LogP contribution < -0.4 is 0 Å². The molecule has 3 nitrogen and oxygen atoms in total. The third-order valence-corrected chi connectivity index (χ3v) is 4.42. The normalized spacial score (nSPS) is 41.0. The van der Waals surface area contributed by atoms with E-state index >= 15 is 0 Å². The van der Waals surface area contributed by atoms with E-state index in [4.69, 9.17) is 9.47 Å². The van der Waals surface area contributed by atoms with Crippen molar-refractivity contribution >= 4 is 0 Å². The predicted molar refractivity (Wildman–Crippen MR) is 60.0 cm³/mol. The average molecular weight is 213 g/mol. The molecule has 0 N–H and O–H groups in total. The summed E-state index contributed by atoms with van der Waals surface area (Å²) in [6.45, 7) is 4.12. The van der Waals surface area contributed by atoms with Crippen molar-refractivity contribution in [3.63, 3.8) is 0 Å². The lowest BCUT2D eigenvalue weighted by Crippen LogP contribution is -2.43. The lowest BCUT2D eigenvalue weighted by atomic mass is 9.69. The first-order valence-electron chi connectivity index (χ1n) is 5.84. The molecule has 0 bridgehead atoms. The number of rotatable bonds is 4. The highest BCUT2D eigenvalue weighted by molar-refractivity contribution is 5.09. The summed E-state index contributed by atoms with van der Waals surface area (Å²) in [5.74, 6) is 0. The van der Waals surface area contributed by atoms with Crippen molar-refractivity contribution < 1.29 is 9.47 Å². The van der Waals surface area contributed by atoms with E-state index in [0.717, 1.165) is 13.2 Å². The zero-order valence-electron chi connectivity index (χ0n) is 10.2. The molecule has 0 aromatic rings. The topological polar surface area (TPSA) is 21.7 Å². The highest BCUT2D eigenvalue weighted by Crippen LogP contribution is 2.57. The number of ether oxygens (including phenoxy) is 2. The van der Waals surface area contributed by atoms with Gasteiger partial charge in [0.2, 0.25) is 0 Å². The first-order chi connectivity index (χ1) is 7.18. The van der Waals surface area contributed by atoms with E-state index in [-0.39, 0.29) is 0 Å². The summed E-state index contributed by atoms with van der Waals surface area (Å²) in [6.07, 6.45) is 3.93. The Bertz CT molecular complexity index is 212. The molecule has 1 aliphatic heterocycles. The monoisotopic (exact) mass is 213 g/mol. The van der Waals surface area contributed by atoms with Crippen LogP contribution in [-0.4, -0.2) is 52.5 Å². The van der Waals surface area contributed by atoms with Crippen LogP contribution in [0.2, 0.25) is 0 Å². The van der Waals surface area contributed by atoms with Crippen LogP contribution in [0.25, 0.3) is 0 Å². The van der Waals surface area contributed by atoms with Gasteiger partial charge in [0.1, 0.15) is 0 Å². The molecule has 0 spiro atoms. The second-order valence-corrected chi connectivity index (χ2v) is 5.45. The van der Waals surface area contributed by atoms with E-state index < -0.39 is 0 Å². The van der Waals surface area contributed by atoms with Gasteiger partial charge in [0, 0.05) is 38.1 Å². The van der Waals surface area contributed by atoms with E-state index in [9.17, 15) is 0 Å². The molecule has 2 atom stereocenters. The molecular formula is C12H23NO2. The molecule has 0 aromatic heterocycles. The summed E-state index contributed by atoms with van der Waals surface area (Å²) >= 11 is 0. The van der Waals surface area contributed by atoms with Gasteiger partial charge in [-0.1, -0.05) is 6.42 Å². The first kappa shape index (κ1) is 11.4. The molecule has 0 aromatic carbocycles. The Morgan fingerprint density at radius 2 is 1.47 bits per heavy atom. The SMILES string of the molecule is COC[C@]12CCC[C@@]1(COC)CN(C)C2. The van der Waals surface area contributed by atoms with Crippen LogP contribution in [0.1, 0.15) is 19.3 Å². The molecule has 3 heteroatoms. The van der Waals surface area contributed by atoms with Gasteiger partial charge < -0.3 is 14.4 Å². The van der Waals surface area contributed by atoms with Crippen molar-refractivity contribution in [2.45, 2.75) is 19.3 Å². The number of methoxy groups -OCH3 is 2. The molecule has 15 heavy (non-hydrogen) atoms. The molecule has 1 aliphatic carbocycles. The molecule has 1 saturated carbocycles. The molecular weight excluding hydrogens is 190 g/mol. The van der Waals surface area contributed by atoms with Gasteiger partial charge in [-0.05, 0) is 19.9 Å². The van der Waals surface area contributed by atoms with Crippen molar-refractivity contribution in [1.29, 1.82) is 0 Å². The van der Waals surface area contributed by atoms with Crippen LogP contribution in [0.5, 0.6) is 0 Å². The van der Waals surface area contributed by atoms with E-state index in [1.807, 2.05) is 14.2 Å². The number of likely N-dealkylation sites (tertiary alicyclic amines) is 1. The van der Waals surface area contributed by atoms with E-state index in [2.05, 4.69) is 11.9 Å². The number of fused-ring (bicyclic) bond motifs is 1. The molecule has 1 saturated heterocycles. The molecule has 2 fully saturated rings. The predicted octanol–water partition coefficient (Wildman–Crippen LogP) is 1.38. The summed E-state index contributed by atoms with van der Waals surface area (Å²) in [7, 11) is 5.86. The maximum absolute atomic E-state index is 5.47. The Kier molecular flexibility index (Phi) is 3.06. The first-order valence-corrected chi connectivity index (χ1v) is 5.84. The molecule has 2 rings (SSSR count). The Morgan fingerprint density at radius 1 is 1.00 bits per heavy atom. The average Bonchev–Trinajstić information content (AvgIpc) is 2.56. The van der Waals surface area contributed by atoms with Gasteiger partial charge in [0.25, 0.3) is 0 Å². The number of nitrogens with zero attached hydrogens (tertiary/aromatic N) is 1. The Morgan fingerprint density at radius 3 is 1.87 bits per heavy atom. The van der Waals surface area contributed by atoms with Gasteiger partial charge in [-0.25, -0.2) is 0 Å². The molecule has 1 heterocycles. The van der Waals surface area contributed by atoms with E-state index in [1.165, 1.54) is 32.4 Å². The minimum atomic E-state index is 0.354. The summed E-state index contributed by atoms with van der Waals surface area (Å²) < 4.78 is 10.9. The zero-order valence-corrected chi connectivity index (χ0v) is 10.2. The maximum Gasteiger partial charge on any atom is 0.0537 e. The fraction of sp³-hybridized carbons (Fsp3) is 1.00. The fourth-order valence-electron chi connectivity index (χ4n) is 3.97. The van der Waals surface area contributed by atoms with E-state index in [1.54, 1.807) is 0 Å². The largest absolute Gasteiger partial charge is 0.384 e. The van der Waals surface area contributed by atoms with Gasteiger partial charge >= 0.3 is 0 Å². The molecule has 88 valence electrons. The molecule has 0 radical (unpaired) electrons. The molecule has 2 aliphatic rings. The smallest absolute Gasteiger partial charge is 0.0537 e. The van der Waals surface area contributed by atoms with Crippen molar-refractivity contribution in [2.75, 3.05) is 47.6 Å². The summed E-state index contributed by atoms with van der Waals surface area (Å²) in [5.41, 5.74) is 0.707. The van der Waals surface area contributed by atoms with Crippen molar-refractivity contribution in [1.82, 2.24) is 4.90 Å². The van der Waals surface area contributed by atoms with Crippen molar-refractivity contribution in [2.24, 2.45) is 10.8 Å². The minimum Gasteiger partial charge on any atom is -0.384 e. The summed E-state index contributed by atoms with van der Waals surface area (Å²) in [5, 5.41) is 0. The summed E-state index contributed by atoms with van der Waals surface area (Å²) in [6, 6.07) is 0. The second-order valence-electron chi connectivity index (χ2n) is 5.45. The van der Waals surface area contributed by atoms with Crippen LogP contribution in [0.15, 0.2) is 0 Å². The highest BCUT2D eigenvalue weighted by atomic mass is 16.5. The van der Waals surface area contributed by atoms with Crippen LogP contribution in [-0.2, 0) is 9.47 Å². The standard InChI is InChI=1S/C12H23NO2/c1-13-7-11(9-14-2)5-4-6-12(11,8-13)10-15-3/h4-10H2,1-3H3/t11-,12+. The van der Waals surface area contributed by atoms with E-state index in [0.29, 0.717) is 10.8 Å². The van der Waals surface area contributed by atoms with Gasteiger partial charge in [-0.15, -0.1) is 0 Å². The van der Waals surface area contributed by atoms with Crippen molar-refractivity contribution in [3.8, 4) is 0 Å². The lowest BCUT2D eigenvalue weighted by Gasteiger charge is -2.38. The van der Waals surface area contributed by atoms with Gasteiger partial charge in [-0.2, -0.15) is 0 Å². The minimum absolute atomic E-state index is 0.354. The molecule has 0 amide bonds. The summed E-state index contributed by atoms with van der Waals surface area (Å²) in [4.78, 5) is 2.44. The second kappa shape index (κ2) is 4.04. The number of hydrogen-bond acceptors (Lipinski definition) is 3. The van der Waals surface area contributed by atoms with Gasteiger partial charge in [0.15, 0.2) is 0 Å². The van der Waals surface area contributed by atoms with Crippen LogP contribution in [0.3, 0.4) is 0 Å². The maximum atomic E-state index is 5.47. The van der Waals surface area contributed by atoms with Crippen molar-refractivity contribution in [3.05, 3.63) is 0 Å². The van der Waals surface area contributed by atoms with Crippen LogP contribution in [0.4, 0.5) is 0 Å². The van der Waals surface area contributed by atoms with Gasteiger partial charge in [-0.3, -0.25) is 0 Å². The van der Waals surface area contributed by atoms with Crippen LogP contribution >= 0.6 is 0 Å². The number of hydrogen-bond donors (Lipinski definition) is 0. The quantitative estimate of drug-likeness (QED) is 0.704. The Labute approximate surface area is 92.7 Å². The van der Waals surface area contributed by atoms with Crippen LogP contribution in [0, 0.1) is 10.8 Å². The third-order valence-electron chi connectivity index (χ3n) is 4.42. The Balaban J connectivity index is 2.23. The zero-order chi connectivity index (χ0) is 10.9. The molecule has 0 unspecified atom stereocenters. The lowest BCUT2D eigenvalue weighted by molar-refractivity contribution is -0.0201. The fourth-order valence-corrected chi connectivity index (χ4v) is 3.97. The third kappa shape index (κ3) is 1.61. The van der Waals surface area contributed by atoms with Gasteiger partial charge in [0.05, 0.1) is 13.2 Å².